The average molecular weight is 710 g/mol. The maximum Gasteiger partial charge on any atom is 0.139 e. The van der Waals surface area contributed by atoms with Crippen LogP contribution in [0.25, 0.3) is 33.4 Å². The lowest BCUT2D eigenvalue weighted by Crippen LogP contribution is -2.56. The predicted octanol–water partition coefficient (Wildman–Crippen LogP) is 12.5. The molecular weight excluding hydrogens is 649 g/mol. The van der Waals surface area contributed by atoms with Crippen molar-refractivity contribution in [1.29, 1.82) is 0 Å². The van der Waals surface area contributed by atoms with Crippen molar-refractivity contribution in [3.8, 4) is 56.4 Å². The molecule has 0 saturated carbocycles. The van der Waals surface area contributed by atoms with Gasteiger partial charge in [0, 0.05) is 48.2 Å². The highest BCUT2D eigenvalue weighted by molar-refractivity contribution is 7.01. The monoisotopic (exact) mass is 709 g/mol. The smallest absolute Gasteiger partial charge is 0.139 e. The summed E-state index contributed by atoms with van der Waals surface area (Å²) in [7, 11) is -2.46. The van der Waals surface area contributed by atoms with E-state index in [1.54, 1.807) is 18.2 Å². The Bertz CT molecular complexity index is 2830. The second-order valence-corrected chi connectivity index (χ2v) is 19.8. The van der Waals surface area contributed by atoms with Crippen molar-refractivity contribution >= 4 is 18.4 Å². The summed E-state index contributed by atoms with van der Waals surface area (Å²) < 4.78 is 113. The first-order chi connectivity index (χ1) is 29.1. The molecule has 0 unspecified atom stereocenters. The summed E-state index contributed by atoms with van der Waals surface area (Å²) in [6.45, 7) is 5.35. The fourth-order valence-electron chi connectivity index (χ4n) is 8.28. The van der Waals surface area contributed by atoms with E-state index in [4.69, 9.17) is 16.3 Å². The number of hydrogen-bond donors (Lipinski definition) is 0. The van der Waals surface area contributed by atoms with E-state index in [0.717, 1.165) is 21.5 Å². The Kier molecular flexibility index (Phi) is 5.50. The van der Waals surface area contributed by atoms with E-state index in [1.807, 2.05) is 66.7 Å². The van der Waals surface area contributed by atoms with Gasteiger partial charge in [0.2, 0.25) is 0 Å². The van der Waals surface area contributed by atoms with Crippen LogP contribution in [0.3, 0.4) is 0 Å². The largest absolute Gasteiger partial charge is 0.457 e. The summed E-state index contributed by atoms with van der Waals surface area (Å²) in [5, 5.41) is 1.96. The summed E-state index contributed by atoms with van der Waals surface area (Å²) >= 11 is 0. The van der Waals surface area contributed by atoms with E-state index >= 15 is 0 Å². The molecule has 0 saturated heterocycles. The molecule has 6 aromatic rings. The summed E-state index contributed by atoms with van der Waals surface area (Å²) in [5.41, 5.74) is 0.260. The van der Waals surface area contributed by atoms with Crippen molar-refractivity contribution in [2.24, 2.45) is 0 Å². The first kappa shape index (κ1) is 23.6. The van der Waals surface area contributed by atoms with Crippen LogP contribution in [0.1, 0.15) is 83.1 Å². The fraction of sp³-hybridized carbons (Fsp3) is 0.265. The number of para-hydroxylation sites is 4. The van der Waals surface area contributed by atoms with Gasteiger partial charge in [0.1, 0.15) is 31.1 Å². The van der Waals surface area contributed by atoms with E-state index in [9.17, 15) is 8.22 Å². The molecule has 0 fully saturated rings. The summed E-state index contributed by atoms with van der Waals surface area (Å²) in [4.78, 5) is 0. The zero-order valence-electron chi connectivity index (χ0n) is 41.7. The molecule has 2 aliphatic rings. The lowest BCUT2D eigenvalue weighted by molar-refractivity contribution is 0.306. The Hall–Kier alpha value is -4.86. The van der Waals surface area contributed by atoms with Gasteiger partial charge in [-0.3, -0.25) is 0 Å². The number of aryl methyl sites for hydroxylation is 2. The van der Waals surface area contributed by atoms with Crippen molar-refractivity contribution in [3.63, 3.8) is 0 Å². The molecule has 8 rings (SSSR count). The van der Waals surface area contributed by atoms with Crippen molar-refractivity contribution in [1.82, 2.24) is 0 Å². The molecule has 0 N–H and O–H groups in total. The molecule has 0 aromatic heterocycles. The molecule has 6 aromatic carbocycles. The molecule has 0 amide bonds. The predicted molar refractivity (Wildman–Crippen MR) is 222 cm³/mol. The first-order valence-corrected chi connectivity index (χ1v) is 20.8. The Morgan fingerprint density at radius 1 is 0.558 bits per heavy atom. The maximum atomic E-state index is 9.21. The van der Waals surface area contributed by atoms with Crippen molar-refractivity contribution < 1.29 is 24.6 Å². The number of hydrogen-bond acceptors (Lipinski definition) is 2. The average Bonchev–Trinajstić information content (AvgIpc) is 3.24. The second kappa shape index (κ2) is 12.1. The lowest BCUT2D eigenvalue weighted by Gasteiger charge is -2.41. The van der Waals surface area contributed by atoms with Crippen molar-refractivity contribution in [2.75, 3.05) is 0 Å². The van der Waals surface area contributed by atoms with Gasteiger partial charge in [0.05, 0.1) is 0 Å². The van der Waals surface area contributed by atoms with Crippen LogP contribution in [0, 0.1) is 20.6 Å². The summed E-state index contributed by atoms with van der Waals surface area (Å²) in [6, 6.07) is 32.0. The first-order valence-electron chi connectivity index (χ1n) is 23.3. The molecule has 262 valence electrons. The van der Waals surface area contributed by atoms with Gasteiger partial charge >= 0.3 is 0 Å². The second-order valence-electron chi connectivity index (χ2n) is 15.5. The Morgan fingerprint density at radius 3 is 1.87 bits per heavy atom. The van der Waals surface area contributed by atoms with Crippen LogP contribution in [0.4, 0.5) is 0 Å². The number of benzene rings is 6. The van der Waals surface area contributed by atoms with Crippen molar-refractivity contribution in [2.45, 2.75) is 85.5 Å². The summed E-state index contributed by atoms with van der Waals surface area (Å²) in [6.07, 6.45) is -2.07. The van der Waals surface area contributed by atoms with Crippen LogP contribution in [0.15, 0.2) is 109 Å². The lowest BCUT2D eigenvalue weighted by atomic mass is 9.61. The molecule has 2 aliphatic heterocycles. The molecule has 0 bridgehead atoms. The zero-order chi connectivity index (χ0) is 46.0. The topological polar surface area (TPSA) is 18.5 Å². The zero-order valence-corrected chi connectivity index (χ0v) is 31.7. The SMILES string of the molecule is [2H]C([2H])([2H])c1ccc(-c2ccc(C([2H])([2H])C)c(-c3cccc4c3Oc3ccccc3[Si]4(C)C)c2C([2H])([2H])[2H])c(C([2H])([2H])[2H])c1-c1cccc2c1Oc1ccccc1C(C)(C)C2(C)C. The van der Waals surface area contributed by atoms with Crippen molar-refractivity contribution in [3.05, 3.63) is 143 Å². The fourth-order valence-corrected chi connectivity index (χ4v) is 11.1. The highest BCUT2D eigenvalue weighted by atomic mass is 28.3. The normalized spacial score (nSPS) is 20.1. The highest BCUT2D eigenvalue weighted by Gasteiger charge is 2.46. The van der Waals surface area contributed by atoms with Crippen LogP contribution < -0.4 is 19.8 Å². The number of fused-ring (bicyclic) bond motifs is 4. The van der Waals surface area contributed by atoms with Gasteiger partial charge in [-0.2, -0.15) is 0 Å². The molecule has 0 atom stereocenters. The van der Waals surface area contributed by atoms with E-state index in [2.05, 4.69) is 40.8 Å². The standard InChI is InChI=1S/C49H50O2Si/c1-11-33-27-29-35(32(4)45(33)37-19-17-25-43-47(37)51-41-23-14-15-24-42(41)52(43,9)10)34-28-26-30(2)44(31(34)3)36-18-16-21-39-46(36)50-40-22-13-12-20-38(40)48(5,6)49(39,7)8/h12-29H,11H2,1-10H3/i2D3,3D3,4D3,11D2. The molecule has 2 nitrogen and oxygen atoms in total. The van der Waals surface area contributed by atoms with Crippen LogP contribution in [-0.2, 0) is 17.2 Å². The van der Waals surface area contributed by atoms with Gasteiger partial charge in [0.15, 0.2) is 0 Å². The minimum Gasteiger partial charge on any atom is -0.457 e. The van der Waals surface area contributed by atoms with Gasteiger partial charge in [-0.1, -0.05) is 145 Å². The van der Waals surface area contributed by atoms with Gasteiger partial charge in [-0.05, 0) is 93.9 Å². The Labute approximate surface area is 327 Å². The summed E-state index contributed by atoms with van der Waals surface area (Å²) in [5.74, 6) is 1.91. The molecular formula is C49H50O2Si. The van der Waals surface area contributed by atoms with Gasteiger partial charge in [-0.15, -0.1) is 0 Å². The molecule has 0 spiro atoms. The minimum absolute atomic E-state index is 0.00235. The van der Waals surface area contributed by atoms with E-state index in [1.165, 1.54) is 31.2 Å². The molecule has 0 radical (unpaired) electrons. The van der Waals surface area contributed by atoms with Crippen LogP contribution in [0.5, 0.6) is 23.0 Å². The van der Waals surface area contributed by atoms with Gasteiger partial charge < -0.3 is 9.47 Å². The quantitative estimate of drug-likeness (QED) is 0.170. The van der Waals surface area contributed by atoms with E-state index in [-0.39, 0.29) is 50.1 Å². The molecule has 0 aliphatic carbocycles. The van der Waals surface area contributed by atoms with E-state index in [0.29, 0.717) is 28.6 Å². The number of rotatable bonds is 4. The molecule has 2 heterocycles. The third kappa shape index (κ3) is 4.89. The minimum atomic E-state index is -3.01. The maximum absolute atomic E-state index is 9.21. The van der Waals surface area contributed by atoms with Crippen LogP contribution >= 0.6 is 0 Å². The number of ether oxygens (including phenoxy) is 2. The molecule has 52 heavy (non-hydrogen) atoms. The van der Waals surface area contributed by atoms with Crippen LogP contribution in [-0.4, -0.2) is 8.07 Å². The third-order valence-electron chi connectivity index (χ3n) is 12.0. The van der Waals surface area contributed by atoms with Crippen LogP contribution in [0.2, 0.25) is 13.1 Å². The van der Waals surface area contributed by atoms with E-state index < -0.39 is 45.8 Å². The van der Waals surface area contributed by atoms with Gasteiger partial charge in [0.25, 0.3) is 0 Å². The highest BCUT2D eigenvalue weighted by Crippen LogP contribution is 2.56. The Morgan fingerprint density at radius 2 is 1.13 bits per heavy atom. The molecule has 3 heteroatoms. The third-order valence-corrected chi connectivity index (χ3v) is 15.5. The Balaban J connectivity index is 1.51. The van der Waals surface area contributed by atoms with Gasteiger partial charge in [-0.25, -0.2) is 0 Å².